The van der Waals surface area contributed by atoms with Crippen molar-refractivity contribution in [1.29, 1.82) is 0 Å². The van der Waals surface area contributed by atoms with E-state index < -0.39 is 26.8 Å². The molecule has 2 rings (SSSR count). The zero-order chi connectivity index (χ0) is 15.6. The predicted molar refractivity (Wildman–Crippen MR) is 73.0 cm³/mol. The summed E-state index contributed by atoms with van der Waals surface area (Å²) in [7, 11) is -3.61. The van der Waals surface area contributed by atoms with E-state index in [2.05, 4.69) is 0 Å². The minimum atomic E-state index is -3.61. The average Bonchev–Trinajstić information content (AvgIpc) is 2.89. The van der Waals surface area contributed by atoms with Crippen LogP contribution in [0.1, 0.15) is 12.0 Å². The number of rotatable bonds is 5. The number of hydrogen-bond donors (Lipinski definition) is 1. The molecule has 0 bridgehead atoms. The minimum absolute atomic E-state index is 0.0232. The number of hydrogen-bond acceptors (Lipinski definition) is 5. The van der Waals surface area contributed by atoms with Gasteiger partial charge in [0.05, 0.1) is 16.6 Å². The Hall–Kier alpha value is -2.00. The highest BCUT2D eigenvalue weighted by Crippen LogP contribution is 2.22. The van der Waals surface area contributed by atoms with Crippen LogP contribution in [-0.2, 0) is 20.6 Å². The Bertz CT molecular complexity index is 655. The van der Waals surface area contributed by atoms with Crippen molar-refractivity contribution in [2.75, 3.05) is 13.1 Å². The van der Waals surface area contributed by atoms with Gasteiger partial charge in [0.2, 0.25) is 10.0 Å². The van der Waals surface area contributed by atoms with Crippen molar-refractivity contribution in [3.63, 3.8) is 0 Å². The molecule has 1 N–H and O–H groups in total. The Morgan fingerprint density at radius 1 is 1.38 bits per heavy atom. The van der Waals surface area contributed by atoms with Crippen molar-refractivity contribution in [3.8, 4) is 0 Å². The van der Waals surface area contributed by atoms with Gasteiger partial charge < -0.3 is 5.11 Å². The molecule has 1 saturated heterocycles. The summed E-state index contributed by atoms with van der Waals surface area (Å²) in [4.78, 5) is 20.8. The molecule has 1 aliphatic heterocycles. The molecular formula is C12H14N2O6S. The van der Waals surface area contributed by atoms with E-state index in [1.807, 2.05) is 0 Å². The molecule has 0 radical (unpaired) electrons. The molecule has 1 fully saturated rings. The average molecular weight is 314 g/mol. The quantitative estimate of drug-likeness (QED) is 0.635. The lowest BCUT2D eigenvalue weighted by atomic mass is 10.1. The molecule has 21 heavy (non-hydrogen) atoms. The van der Waals surface area contributed by atoms with Crippen LogP contribution in [0.15, 0.2) is 24.3 Å². The van der Waals surface area contributed by atoms with Crippen LogP contribution in [0.3, 0.4) is 0 Å². The second kappa shape index (κ2) is 5.78. The largest absolute Gasteiger partial charge is 0.481 e. The van der Waals surface area contributed by atoms with Gasteiger partial charge in [0, 0.05) is 25.2 Å². The van der Waals surface area contributed by atoms with E-state index in [0.29, 0.717) is 12.0 Å². The number of nitro benzene ring substituents is 1. The van der Waals surface area contributed by atoms with Gasteiger partial charge in [0.25, 0.3) is 5.69 Å². The number of nitrogens with zero attached hydrogens (tertiary/aromatic N) is 2. The predicted octanol–water partition coefficient (Wildman–Crippen LogP) is 0.831. The van der Waals surface area contributed by atoms with Gasteiger partial charge in [-0.05, 0) is 12.0 Å². The molecule has 1 heterocycles. The molecule has 0 saturated carbocycles. The number of carboxylic acids is 1. The van der Waals surface area contributed by atoms with Crippen molar-refractivity contribution in [3.05, 3.63) is 39.9 Å². The molecule has 1 aliphatic rings. The third kappa shape index (κ3) is 3.56. The number of nitro groups is 1. The monoisotopic (exact) mass is 314 g/mol. The first kappa shape index (κ1) is 15.4. The first-order chi connectivity index (χ1) is 9.79. The topological polar surface area (TPSA) is 118 Å². The number of benzene rings is 1. The van der Waals surface area contributed by atoms with Crippen LogP contribution in [0.5, 0.6) is 0 Å². The fourth-order valence-electron chi connectivity index (χ4n) is 2.20. The number of carboxylic acid groups (broad SMARTS) is 1. The van der Waals surface area contributed by atoms with Gasteiger partial charge in [0.1, 0.15) is 0 Å². The van der Waals surface area contributed by atoms with Crippen LogP contribution in [0.4, 0.5) is 5.69 Å². The van der Waals surface area contributed by atoms with Crippen molar-refractivity contribution in [1.82, 2.24) is 4.31 Å². The van der Waals surface area contributed by atoms with Gasteiger partial charge in [0.15, 0.2) is 0 Å². The maximum atomic E-state index is 12.2. The number of sulfonamides is 1. The Labute approximate surface area is 121 Å². The Balaban J connectivity index is 2.07. The molecule has 8 nitrogen and oxygen atoms in total. The van der Waals surface area contributed by atoms with Gasteiger partial charge in [-0.3, -0.25) is 14.9 Å². The highest BCUT2D eigenvalue weighted by molar-refractivity contribution is 7.88. The molecule has 1 atom stereocenters. The standard InChI is InChI=1S/C12H14N2O6S/c15-12(16)10-5-6-13(7-10)21(19,20)8-9-1-3-11(4-2-9)14(17)18/h1-4,10H,5-8H2,(H,15,16). The third-order valence-corrected chi connectivity index (χ3v) is 5.21. The highest BCUT2D eigenvalue weighted by atomic mass is 32.2. The van der Waals surface area contributed by atoms with Gasteiger partial charge in [-0.1, -0.05) is 12.1 Å². The van der Waals surface area contributed by atoms with Crippen LogP contribution < -0.4 is 0 Å². The van der Waals surface area contributed by atoms with Crippen LogP contribution in [0.25, 0.3) is 0 Å². The van der Waals surface area contributed by atoms with E-state index in [9.17, 15) is 23.3 Å². The SMILES string of the molecule is O=C(O)C1CCN(S(=O)(=O)Cc2ccc([N+](=O)[O-])cc2)C1. The van der Waals surface area contributed by atoms with E-state index in [-0.39, 0.29) is 24.5 Å². The van der Waals surface area contributed by atoms with Crippen LogP contribution >= 0.6 is 0 Å². The number of non-ortho nitro benzene ring substituents is 1. The summed E-state index contributed by atoms with van der Waals surface area (Å²) in [5, 5.41) is 19.4. The van der Waals surface area contributed by atoms with Gasteiger partial charge in [-0.15, -0.1) is 0 Å². The maximum Gasteiger partial charge on any atom is 0.307 e. The molecule has 114 valence electrons. The lowest BCUT2D eigenvalue weighted by molar-refractivity contribution is -0.384. The fraction of sp³-hybridized carbons (Fsp3) is 0.417. The van der Waals surface area contributed by atoms with E-state index >= 15 is 0 Å². The summed E-state index contributed by atoms with van der Waals surface area (Å²) >= 11 is 0. The van der Waals surface area contributed by atoms with Crippen molar-refractivity contribution in [2.24, 2.45) is 5.92 Å². The second-order valence-electron chi connectivity index (χ2n) is 4.86. The fourth-order valence-corrected chi connectivity index (χ4v) is 3.79. The number of aliphatic carboxylic acids is 1. The van der Waals surface area contributed by atoms with Crippen LogP contribution in [0.2, 0.25) is 0 Å². The summed E-state index contributed by atoms with van der Waals surface area (Å²) in [5.74, 6) is -1.96. The molecule has 1 unspecified atom stereocenters. The van der Waals surface area contributed by atoms with Crippen molar-refractivity contribution >= 4 is 21.7 Å². The van der Waals surface area contributed by atoms with E-state index in [0.717, 1.165) is 4.31 Å². The smallest absolute Gasteiger partial charge is 0.307 e. The summed E-state index contributed by atoms with van der Waals surface area (Å²) in [5.41, 5.74) is 0.322. The first-order valence-corrected chi connectivity index (χ1v) is 7.84. The molecule has 0 aromatic heterocycles. The highest BCUT2D eigenvalue weighted by Gasteiger charge is 2.34. The van der Waals surface area contributed by atoms with Gasteiger partial charge >= 0.3 is 5.97 Å². The first-order valence-electron chi connectivity index (χ1n) is 6.23. The van der Waals surface area contributed by atoms with Gasteiger partial charge in [-0.25, -0.2) is 12.7 Å². The van der Waals surface area contributed by atoms with E-state index in [1.54, 1.807) is 0 Å². The minimum Gasteiger partial charge on any atom is -0.481 e. The summed E-state index contributed by atoms with van der Waals surface area (Å²) in [6, 6.07) is 5.27. The van der Waals surface area contributed by atoms with Crippen LogP contribution in [-0.4, -0.2) is 41.8 Å². The molecule has 0 spiro atoms. The zero-order valence-corrected chi connectivity index (χ0v) is 11.8. The summed E-state index contributed by atoms with van der Waals surface area (Å²) in [6.45, 7) is 0.164. The van der Waals surface area contributed by atoms with Crippen molar-refractivity contribution in [2.45, 2.75) is 12.2 Å². The van der Waals surface area contributed by atoms with Crippen molar-refractivity contribution < 1.29 is 23.2 Å². The molecule has 1 aromatic carbocycles. The van der Waals surface area contributed by atoms with Gasteiger partial charge in [-0.2, -0.15) is 0 Å². The third-order valence-electron chi connectivity index (χ3n) is 3.39. The zero-order valence-electron chi connectivity index (χ0n) is 11.0. The normalized spacial score (nSPS) is 19.5. The lowest BCUT2D eigenvalue weighted by Crippen LogP contribution is -2.31. The maximum absolute atomic E-state index is 12.2. The van der Waals surface area contributed by atoms with Crippen LogP contribution in [0, 0.1) is 16.0 Å². The molecule has 0 aliphatic carbocycles. The molecule has 0 amide bonds. The molecular weight excluding hydrogens is 300 g/mol. The summed E-state index contributed by atoms with van der Waals surface area (Å²) < 4.78 is 25.5. The van der Waals surface area contributed by atoms with E-state index in [4.69, 9.17) is 5.11 Å². The Morgan fingerprint density at radius 3 is 2.48 bits per heavy atom. The molecule has 9 heteroatoms. The Morgan fingerprint density at radius 2 is 2.00 bits per heavy atom. The number of carbonyl (C=O) groups is 1. The second-order valence-corrected chi connectivity index (χ2v) is 6.83. The van der Waals surface area contributed by atoms with E-state index in [1.165, 1.54) is 24.3 Å². The lowest BCUT2D eigenvalue weighted by Gasteiger charge is -2.15. The molecule has 1 aromatic rings. The Kier molecular flexibility index (Phi) is 4.24. The summed E-state index contributed by atoms with van der Waals surface area (Å²) in [6.07, 6.45) is 0.300.